The molecule has 0 saturated heterocycles. The van der Waals surface area contributed by atoms with Crippen molar-refractivity contribution < 1.29 is 17.6 Å². The first-order chi connectivity index (χ1) is 12.6. The highest BCUT2D eigenvalue weighted by Gasteiger charge is 2.22. The third-order valence-corrected chi connectivity index (χ3v) is 5.15. The summed E-state index contributed by atoms with van der Waals surface area (Å²) in [5.41, 5.74) is 4.30. The molecule has 6 nitrogen and oxygen atoms in total. The first-order valence-corrected chi connectivity index (χ1v) is 10.1. The van der Waals surface area contributed by atoms with E-state index in [1.165, 1.54) is 18.2 Å². The van der Waals surface area contributed by atoms with Gasteiger partial charge in [-0.2, -0.15) is 5.10 Å². The second-order valence-electron chi connectivity index (χ2n) is 5.99. The van der Waals surface area contributed by atoms with Crippen molar-refractivity contribution >= 4 is 39.4 Å². The second kappa shape index (κ2) is 8.49. The molecule has 0 aliphatic heterocycles. The summed E-state index contributed by atoms with van der Waals surface area (Å²) in [5, 5.41) is 3.80. The minimum Gasteiger partial charge on any atom is -0.271 e. The number of rotatable bonds is 6. The van der Waals surface area contributed by atoms with Crippen LogP contribution < -0.4 is 9.73 Å². The molecule has 0 aliphatic carbocycles. The minimum atomic E-state index is -3.70. The van der Waals surface area contributed by atoms with E-state index in [9.17, 15) is 17.6 Å². The Hall–Kier alpha value is -2.45. The van der Waals surface area contributed by atoms with Crippen LogP contribution in [0.2, 0.25) is 5.02 Å². The van der Waals surface area contributed by atoms with Crippen molar-refractivity contribution in [2.75, 3.05) is 17.1 Å². The lowest BCUT2D eigenvalue weighted by atomic mass is 10.1. The van der Waals surface area contributed by atoms with Crippen LogP contribution >= 0.6 is 11.6 Å². The molecular weight excluding hydrogens is 393 g/mol. The van der Waals surface area contributed by atoms with Gasteiger partial charge in [-0.25, -0.2) is 18.2 Å². The van der Waals surface area contributed by atoms with Crippen LogP contribution in [0.15, 0.2) is 41.5 Å². The Bertz CT molecular complexity index is 973. The molecule has 2 rings (SSSR count). The number of nitrogens with zero attached hydrogens (tertiary/aromatic N) is 2. The third-order valence-electron chi connectivity index (χ3n) is 3.69. The Labute approximate surface area is 162 Å². The van der Waals surface area contributed by atoms with Gasteiger partial charge in [-0.05, 0) is 37.6 Å². The zero-order chi connectivity index (χ0) is 20.2. The lowest BCUT2D eigenvalue weighted by Gasteiger charge is -2.23. The summed E-state index contributed by atoms with van der Waals surface area (Å²) in [6, 6.07) is 9.36. The van der Waals surface area contributed by atoms with Gasteiger partial charge < -0.3 is 0 Å². The zero-order valence-electron chi connectivity index (χ0n) is 15.0. The zero-order valence-corrected chi connectivity index (χ0v) is 16.6. The molecule has 144 valence electrons. The number of hydrogen-bond acceptors (Lipinski definition) is 4. The number of hydrazone groups is 1. The van der Waals surface area contributed by atoms with Crippen molar-refractivity contribution in [1.82, 2.24) is 5.43 Å². The van der Waals surface area contributed by atoms with Crippen molar-refractivity contribution in [3.63, 3.8) is 0 Å². The van der Waals surface area contributed by atoms with E-state index in [-0.39, 0.29) is 10.6 Å². The van der Waals surface area contributed by atoms with E-state index in [2.05, 4.69) is 10.5 Å². The molecule has 2 aromatic carbocycles. The van der Waals surface area contributed by atoms with Gasteiger partial charge in [0, 0.05) is 5.56 Å². The molecule has 0 unspecified atom stereocenters. The van der Waals surface area contributed by atoms with Crippen LogP contribution in [-0.4, -0.2) is 33.3 Å². The summed E-state index contributed by atoms with van der Waals surface area (Å²) in [6.45, 7) is 3.18. The summed E-state index contributed by atoms with van der Waals surface area (Å²) in [4.78, 5) is 12.2. The fourth-order valence-electron chi connectivity index (χ4n) is 2.43. The number of amides is 1. The van der Waals surface area contributed by atoms with Crippen molar-refractivity contribution in [3.05, 3.63) is 63.9 Å². The van der Waals surface area contributed by atoms with E-state index in [1.807, 2.05) is 13.0 Å². The third kappa shape index (κ3) is 5.51. The normalized spacial score (nSPS) is 11.6. The molecule has 0 spiro atoms. The molecule has 9 heteroatoms. The number of aryl methyl sites for hydroxylation is 2. The highest BCUT2D eigenvalue weighted by molar-refractivity contribution is 7.92. The summed E-state index contributed by atoms with van der Waals surface area (Å²) >= 11 is 5.87. The Kier molecular flexibility index (Phi) is 6.56. The molecule has 2 aromatic rings. The van der Waals surface area contributed by atoms with Gasteiger partial charge in [0.25, 0.3) is 5.91 Å². The van der Waals surface area contributed by atoms with Crippen LogP contribution in [0.5, 0.6) is 0 Å². The molecule has 1 N–H and O–H groups in total. The van der Waals surface area contributed by atoms with Gasteiger partial charge in [-0.15, -0.1) is 0 Å². The van der Waals surface area contributed by atoms with Crippen LogP contribution in [0.1, 0.15) is 16.7 Å². The first kappa shape index (κ1) is 20.9. The van der Waals surface area contributed by atoms with Gasteiger partial charge in [0.15, 0.2) is 0 Å². The van der Waals surface area contributed by atoms with E-state index in [1.54, 1.807) is 19.1 Å². The standard InChI is InChI=1S/C18H19ClFN3O3S/c1-12-7-8-17(13(2)9-12)23(27(3,25)26)11-18(24)22-21-10-14-15(19)5-4-6-16(14)20/h4-10H,11H2,1-3H3,(H,22,24)/b21-10-. The number of nitrogens with one attached hydrogen (secondary N) is 1. The van der Waals surface area contributed by atoms with E-state index in [0.717, 1.165) is 27.9 Å². The van der Waals surface area contributed by atoms with Crippen LogP contribution in [-0.2, 0) is 14.8 Å². The van der Waals surface area contributed by atoms with Gasteiger partial charge in [0.05, 0.1) is 23.2 Å². The molecular formula is C18H19ClFN3O3S. The minimum absolute atomic E-state index is 0.0221. The number of carbonyl (C=O) groups excluding carboxylic acids is 1. The Morgan fingerprint density at radius 3 is 2.59 bits per heavy atom. The molecule has 0 aromatic heterocycles. The molecule has 1 amide bonds. The van der Waals surface area contributed by atoms with E-state index < -0.39 is 28.3 Å². The fraction of sp³-hybridized carbons (Fsp3) is 0.222. The molecule has 0 heterocycles. The fourth-order valence-corrected chi connectivity index (χ4v) is 3.56. The first-order valence-electron chi connectivity index (χ1n) is 7.90. The number of sulfonamides is 1. The van der Waals surface area contributed by atoms with Crippen LogP contribution in [0.4, 0.5) is 10.1 Å². The van der Waals surface area contributed by atoms with E-state index >= 15 is 0 Å². The highest BCUT2D eigenvalue weighted by atomic mass is 35.5. The predicted octanol–water partition coefficient (Wildman–Crippen LogP) is 3.01. The Balaban J connectivity index is 2.16. The van der Waals surface area contributed by atoms with Gasteiger partial charge >= 0.3 is 0 Å². The van der Waals surface area contributed by atoms with Gasteiger partial charge in [0.2, 0.25) is 10.0 Å². The molecule has 0 saturated carbocycles. The Morgan fingerprint density at radius 2 is 2.00 bits per heavy atom. The second-order valence-corrected chi connectivity index (χ2v) is 8.30. The number of anilines is 1. The lowest BCUT2D eigenvalue weighted by molar-refractivity contribution is -0.119. The SMILES string of the molecule is Cc1ccc(N(CC(=O)N/N=C\c2c(F)cccc2Cl)S(C)(=O)=O)c(C)c1. The van der Waals surface area contributed by atoms with Crippen LogP contribution in [0.25, 0.3) is 0 Å². The number of hydrogen-bond donors (Lipinski definition) is 1. The van der Waals surface area contributed by atoms with Crippen molar-refractivity contribution in [2.45, 2.75) is 13.8 Å². The number of carbonyl (C=O) groups is 1. The molecule has 0 radical (unpaired) electrons. The smallest absolute Gasteiger partial charge is 0.260 e. The highest BCUT2D eigenvalue weighted by Crippen LogP contribution is 2.23. The lowest BCUT2D eigenvalue weighted by Crippen LogP contribution is -2.39. The maximum atomic E-state index is 13.7. The predicted molar refractivity (Wildman–Crippen MR) is 105 cm³/mol. The van der Waals surface area contributed by atoms with Crippen LogP contribution in [0.3, 0.4) is 0 Å². The largest absolute Gasteiger partial charge is 0.271 e. The molecule has 0 bridgehead atoms. The van der Waals surface area contributed by atoms with Gasteiger partial charge in [0.1, 0.15) is 12.4 Å². The quantitative estimate of drug-likeness (QED) is 0.586. The molecule has 0 atom stereocenters. The number of halogens is 2. The topological polar surface area (TPSA) is 78.8 Å². The molecule has 0 aliphatic rings. The average Bonchev–Trinajstić information content (AvgIpc) is 2.55. The van der Waals surface area contributed by atoms with Gasteiger partial charge in [-0.3, -0.25) is 9.10 Å². The summed E-state index contributed by atoms with van der Waals surface area (Å²) in [7, 11) is -3.70. The van der Waals surface area contributed by atoms with E-state index in [0.29, 0.717) is 5.69 Å². The van der Waals surface area contributed by atoms with Crippen molar-refractivity contribution in [1.29, 1.82) is 0 Å². The van der Waals surface area contributed by atoms with Gasteiger partial charge in [-0.1, -0.05) is 35.4 Å². The average molecular weight is 412 g/mol. The van der Waals surface area contributed by atoms with Crippen molar-refractivity contribution in [2.24, 2.45) is 5.10 Å². The monoisotopic (exact) mass is 411 g/mol. The summed E-state index contributed by atoms with van der Waals surface area (Å²) in [6.07, 6.45) is 2.08. The maximum absolute atomic E-state index is 13.7. The maximum Gasteiger partial charge on any atom is 0.260 e. The molecule has 0 fully saturated rings. The van der Waals surface area contributed by atoms with E-state index in [4.69, 9.17) is 11.6 Å². The van der Waals surface area contributed by atoms with Crippen molar-refractivity contribution in [3.8, 4) is 0 Å². The summed E-state index contributed by atoms with van der Waals surface area (Å²) < 4.78 is 38.9. The summed E-state index contributed by atoms with van der Waals surface area (Å²) in [5.74, 6) is -1.27. The Morgan fingerprint density at radius 1 is 1.30 bits per heavy atom. The number of benzene rings is 2. The molecule has 27 heavy (non-hydrogen) atoms. The van der Waals surface area contributed by atoms with Crippen LogP contribution in [0, 0.1) is 19.7 Å².